The Balaban J connectivity index is 1.77. The fraction of sp³-hybridized carbons (Fsp3) is 0.500. The van der Waals surface area contributed by atoms with E-state index in [1.165, 1.54) is 0 Å². The quantitative estimate of drug-likeness (QED) is 0.786. The van der Waals surface area contributed by atoms with Crippen LogP contribution in [0.4, 0.5) is 0 Å². The summed E-state index contributed by atoms with van der Waals surface area (Å²) >= 11 is 0. The van der Waals surface area contributed by atoms with Crippen molar-refractivity contribution in [1.82, 2.24) is 15.2 Å². The lowest BCUT2D eigenvalue weighted by Gasteiger charge is -2.23. The van der Waals surface area contributed by atoms with Crippen LogP contribution < -0.4 is 5.32 Å². The molecule has 2 fully saturated rings. The Hall–Kier alpha value is -1.42. The summed E-state index contributed by atoms with van der Waals surface area (Å²) < 4.78 is 0. The highest BCUT2D eigenvalue weighted by molar-refractivity contribution is 5.80. The van der Waals surface area contributed by atoms with Gasteiger partial charge in [-0.2, -0.15) is 0 Å². The molecule has 3 heterocycles. The molecule has 2 saturated heterocycles. The standard InChI is InChI=1S/C12H15N3O/c16-12-6-10-11(3-5-14-10)15(12)8-9-2-1-4-13-7-9/h1-2,4,7,10-11,14H,3,5-6,8H2/t10-,11?/m1/s1. The van der Waals surface area contributed by atoms with Crippen molar-refractivity contribution in [1.29, 1.82) is 0 Å². The number of hydrogen-bond acceptors (Lipinski definition) is 3. The van der Waals surface area contributed by atoms with Gasteiger partial charge >= 0.3 is 0 Å². The largest absolute Gasteiger partial charge is 0.334 e. The second-order valence-corrected chi connectivity index (χ2v) is 4.50. The van der Waals surface area contributed by atoms with Crippen molar-refractivity contribution >= 4 is 5.91 Å². The molecule has 1 unspecified atom stereocenters. The number of carbonyl (C=O) groups excluding carboxylic acids is 1. The van der Waals surface area contributed by atoms with E-state index in [2.05, 4.69) is 10.3 Å². The van der Waals surface area contributed by atoms with Gasteiger partial charge in [-0.05, 0) is 24.6 Å². The van der Waals surface area contributed by atoms with E-state index in [1.54, 1.807) is 6.20 Å². The number of fused-ring (bicyclic) bond motifs is 1. The molecule has 0 saturated carbocycles. The van der Waals surface area contributed by atoms with Crippen LogP contribution in [-0.2, 0) is 11.3 Å². The van der Waals surface area contributed by atoms with Crippen molar-refractivity contribution in [2.45, 2.75) is 31.5 Å². The van der Waals surface area contributed by atoms with Crippen LogP contribution in [0.1, 0.15) is 18.4 Å². The highest BCUT2D eigenvalue weighted by atomic mass is 16.2. The summed E-state index contributed by atoms with van der Waals surface area (Å²) in [6, 6.07) is 4.72. The number of pyridine rings is 1. The van der Waals surface area contributed by atoms with E-state index in [4.69, 9.17) is 0 Å². The fourth-order valence-corrected chi connectivity index (χ4v) is 2.72. The van der Waals surface area contributed by atoms with E-state index >= 15 is 0 Å². The number of aromatic nitrogens is 1. The van der Waals surface area contributed by atoms with Gasteiger partial charge < -0.3 is 10.2 Å². The van der Waals surface area contributed by atoms with Crippen LogP contribution in [0.2, 0.25) is 0 Å². The second kappa shape index (κ2) is 3.87. The summed E-state index contributed by atoms with van der Waals surface area (Å²) in [6.45, 7) is 1.74. The van der Waals surface area contributed by atoms with Gasteiger partial charge in [0.05, 0.1) is 0 Å². The Morgan fingerprint density at radius 3 is 3.31 bits per heavy atom. The zero-order valence-corrected chi connectivity index (χ0v) is 9.10. The first-order valence-corrected chi connectivity index (χ1v) is 5.76. The van der Waals surface area contributed by atoms with Gasteiger partial charge in [0.15, 0.2) is 0 Å². The van der Waals surface area contributed by atoms with Crippen LogP contribution in [0.25, 0.3) is 0 Å². The molecule has 4 heteroatoms. The summed E-state index contributed by atoms with van der Waals surface area (Å²) in [4.78, 5) is 17.9. The van der Waals surface area contributed by atoms with Crippen LogP contribution in [-0.4, -0.2) is 34.4 Å². The molecule has 2 aliphatic heterocycles. The number of likely N-dealkylation sites (tertiary alicyclic amines) is 1. The summed E-state index contributed by atoms with van der Waals surface area (Å²) in [5.74, 6) is 0.269. The lowest BCUT2D eigenvalue weighted by atomic mass is 10.1. The Morgan fingerprint density at radius 2 is 2.50 bits per heavy atom. The molecule has 0 aromatic carbocycles. The highest BCUT2D eigenvalue weighted by Crippen LogP contribution is 2.27. The van der Waals surface area contributed by atoms with Crippen LogP contribution >= 0.6 is 0 Å². The molecule has 2 aliphatic rings. The van der Waals surface area contributed by atoms with Crippen LogP contribution in [0.15, 0.2) is 24.5 Å². The van der Waals surface area contributed by atoms with E-state index < -0.39 is 0 Å². The van der Waals surface area contributed by atoms with Gasteiger partial charge in [0, 0.05) is 37.4 Å². The zero-order valence-electron chi connectivity index (χ0n) is 9.10. The maximum Gasteiger partial charge on any atom is 0.224 e. The van der Waals surface area contributed by atoms with Crippen molar-refractivity contribution < 1.29 is 4.79 Å². The third kappa shape index (κ3) is 1.59. The fourth-order valence-electron chi connectivity index (χ4n) is 2.72. The van der Waals surface area contributed by atoms with Gasteiger partial charge in [0.1, 0.15) is 0 Å². The first kappa shape index (κ1) is 9.78. The van der Waals surface area contributed by atoms with E-state index in [-0.39, 0.29) is 5.91 Å². The molecule has 84 valence electrons. The summed E-state index contributed by atoms with van der Waals surface area (Å²) in [6.07, 6.45) is 5.33. The van der Waals surface area contributed by atoms with Crippen molar-refractivity contribution in [3.8, 4) is 0 Å². The predicted molar refractivity (Wildman–Crippen MR) is 59.6 cm³/mol. The molecule has 3 rings (SSSR count). The number of amides is 1. The molecule has 0 spiro atoms. The Labute approximate surface area is 94.7 Å². The molecule has 0 radical (unpaired) electrons. The molecule has 1 amide bonds. The van der Waals surface area contributed by atoms with E-state index in [1.807, 2.05) is 23.2 Å². The minimum Gasteiger partial charge on any atom is -0.334 e. The zero-order chi connectivity index (χ0) is 11.0. The van der Waals surface area contributed by atoms with Gasteiger partial charge in [-0.3, -0.25) is 9.78 Å². The highest BCUT2D eigenvalue weighted by Gasteiger charge is 2.42. The van der Waals surface area contributed by atoms with Crippen LogP contribution in [0.5, 0.6) is 0 Å². The average Bonchev–Trinajstić information content (AvgIpc) is 2.84. The third-order valence-corrected chi connectivity index (χ3v) is 3.50. The minimum atomic E-state index is 0.269. The van der Waals surface area contributed by atoms with Crippen LogP contribution in [0.3, 0.4) is 0 Å². The molecule has 1 aromatic heterocycles. The topological polar surface area (TPSA) is 45.2 Å². The Bertz CT molecular complexity index is 393. The maximum absolute atomic E-state index is 11.9. The molecule has 1 aromatic rings. The van der Waals surface area contributed by atoms with Gasteiger partial charge in [0.25, 0.3) is 0 Å². The smallest absolute Gasteiger partial charge is 0.224 e. The summed E-state index contributed by atoms with van der Waals surface area (Å²) in [5.41, 5.74) is 1.11. The summed E-state index contributed by atoms with van der Waals surface area (Å²) in [5, 5.41) is 3.39. The normalized spacial score (nSPS) is 28.5. The second-order valence-electron chi connectivity index (χ2n) is 4.50. The number of rotatable bonds is 2. The lowest BCUT2D eigenvalue weighted by Crippen LogP contribution is -2.35. The first-order chi connectivity index (χ1) is 7.84. The monoisotopic (exact) mass is 217 g/mol. The van der Waals surface area contributed by atoms with Gasteiger partial charge in [-0.25, -0.2) is 0 Å². The van der Waals surface area contributed by atoms with Crippen molar-refractivity contribution in [3.63, 3.8) is 0 Å². The van der Waals surface area contributed by atoms with Crippen molar-refractivity contribution in [2.75, 3.05) is 6.54 Å². The average molecular weight is 217 g/mol. The molecule has 0 bridgehead atoms. The van der Waals surface area contributed by atoms with Crippen molar-refractivity contribution in [2.24, 2.45) is 0 Å². The van der Waals surface area contributed by atoms with E-state index in [0.29, 0.717) is 25.0 Å². The number of hydrogen-bond donors (Lipinski definition) is 1. The SMILES string of the molecule is O=C1C[C@H]2NCCC2N1Cc1cccnc1. The lowest BCUT2D eigenvalue weighted by molar-refractivity contribution is -0.129. The molecule has 4 nitrogen and oxygen atoms in total. The number of nitrogens with zero attached hydrogens (tertiary/aromatic N) is 2. The molecule has 0 aliphatic carbocycles. The molecule has 2 atom stereocenters. The summed E-state index contributed by atoms with van der Waals surface area (Å²) in [7, 11) is 0. The van der Waals surface area contributed by atoms with Gasteiger partial charge in [-0.1, -0.05) is 6.07 Å². The number of carbonyl (C=O) groups is 1. The first-order valence-electron chi connectivity index (χ1n) is 5.76. The van der Waals surface area contributed by atoms with Gasteiger partial charge in [0.2, 0.25) is 5.91 Å². The third-order valence-electron chi connectivity index (χ3n) is 3.50. The molecule has 1 N–H and O–H groups in total. The molecular weight excluding hydrogens is 202 g/mol. The van der Waals surface area contributed by atoms with Crippen LogP contribution in [0, 0.1) is 0 Å². The predicted octanol–water partition coefficient (Wildman–Crippen LogP) is 0.544. The van der Waals surface area contributed by atoms with E-state index in [9.17, 15) is 4.79 Å². The minimum absolute atomic E-state index is 0.269. The van der Waals surface area contributed by atoms with Crippen molar-refractivity contribution in [3.05, 3.63) is 30.1 Å². The number of nitrogens with one attached hydrogen (secondary N) is 1. The molecule has 16 heavy (non-hydrogen) atoms. The van der Waals surface area contributed by atoms with Gasteiger partial charge in [-0.15, -0.1) is 0 Å². The maximum atomic E-state index is 11.9. The molecular formula is C12H15N3O. The Morgan fingerprint density at radius 1 is 1.56 bits per heavy atom. The Kier molecular flexibility index (Phi) is 2.36. The van der Waals surface area contributed by atoms with E-state index in [0.717, 1.165) is 18.5 Å².